The Hall–Kier alpha value is -0.470. The number of nitro benzene ring substituents is 1. The molecule has 0 saturated heterocycles. The number of nitro groups is 1. The topological polar surface area (TPSA) is 92.5 Å². The molecule has 0 bridgehead atoms. The molecule has 0 aliphatic rings. The summed E-state index contributed by atoms with van der Waals surface area (Å²) < 4.78 is 27.9. The standard InChI is InChI=1S/C18H29NO5S.Na/c1-2-3-4-5-6-7-8-9-10-11-14-24-17-13-12-16(19(20)21)15-18(17)25(22)23;/h12-13,15H,2-11,14H2,1H3,(H,22,23);/q;+1/p-1. The van der Waals surface area contributed by atoms with Crippen LogP contribution >= 0.6 is 0 Å². The summed E-state index contributed by atoms with van der Waals surface area (Å²) in [7, 11) is 0. The number of hydrogen-bond donors (Lipinski definition) is 0. The summed E-state index contributed by atoms with van der Waals surface area (Å²) >= 11 is -2.56. The minimum atomic E-state index is -2.56. The fraction of sp³-hybridized carbons (Fsp3) is 0.667. The molecule has 26 heavy (non-hydrogen) atoms. The van der Waals surface area contributed by atoms with Crippen molar-refractivity contribution in [3.8, 4) is 5.75 Å². The first-order valence-corrected chi connectivity index (χ1v) is 10.1. The van der Waals surface area contributed by atoms with Gasteiger partial charge in [-0.05, 0) is 23.6 Å². The molecule has 1 rings (SSSR count). The SMILES string of the molecule is CCCCCCCCCCCCOc1ccc([N+](=O)[O-])cc1S(=O)[O-].[Na+]. The van der Waals surface area contributed by atoms with E-state index in [-0.39, 0.29) is 45.9 Å². The van der Waals surface area contributed by atoms with Crippen molar-refractivity contribution in [1.29, 1.82) is 0 Å². The quantitative estimate of drug-likeness (QED) is 0.159. The predicted molar refractivity (Wildman–Crippen MR) is 97.6 cm³/mol. The van der Waals surface area contributed by atoms with Crippen LogP contribution in [0.4, 0.5) is 5.69 Å². The molecule has 0 radical (unpaired) electrons. The van der Waals surface area contributed by atoms with E-state index in [0.29, 0.717) is 6.61 Å². The summed E-state index contributed by atoms with van der Waals surface area (Å²) in [6, 6.07) is 3.63. The van der Waals surface area contributed by atoms with E-state index >= 15 is 0 Å². The third-order valence-corrected chi connectivity index (χ3v) is 4.75. The van der Waals surface area contributed by atoms with Gasteiger partial charge in [0.2, 0.25) is 0 Å². The Morgan fingerprint density at radius 1 is 1.00 bits per heavy atom. The van der Waals surface area contributed by atoms with Gasteiger partial charge in [-0.2, -0.15) is 0 Å². The Bertz CT molecular complexity index is 556. The molecule has 0 aliphatic carbocycles. The van der Waals surface area contributed by atoms with Gasteiger partial charge in [-0.25, -0.2) is 0 Å². The first-order valence-electron chi connectivity index (χ1n) is 9.06. The van der Waals surface area contributed by atoms with Gasteiger partial charge in [-0.3, -0.25) is 14.3 Å². The predicted octanol–water partition coefficient (Wildman–Crippen LogP) is 2.14. The monoisotopic (exact) mass is 393 g/mol. The number of rotatable bonds is 14. The molecule has 0 spiro atoms. The third-order valence-electron chi connectivity index (χ3n) is 4.07. The van der Waals surface area contributed by atoms with Crippen LogP contribution in [0.5, 0.6) is 5.75 Å². The number of nitrogens with zero attached hydrogens (tertiary/aromatic N) is 1. The van der Waals surface area contributed by atoms with Crippen molar-refractivity contribution < 1.29 is 48.0 Å². The van der Waals surface area contributed by atoms with Gasteiger partial charge in [0.15, 0.2) is 0 Å². The Morgan fingerprint density at radius 3 is 2.04 bits per heavy atom. The molecule has 6 nitrogen and oxygen atoms in total. The summed E-state index contributed by atoms with van der Waals surface area (Å²) in [5, 5.41) is 10.7. The summed E-state index contributed by atoms with van der Waals surface area (Å²) in [5.74, 6) is 0.176. The van der Waals surface area contributed by atoms with Crippen LogP contribution in [-0.4, -0.2) is 20.3 Å². The van der Waals surface area contributed by atoms with Gasteiger partial charge in [-0.1, -0.05) is 64.7 Å². The van der Waals surface area contributed by atoms with E-state index in [4.69, 9.17) is 4.74 Å². The molecule has 0 aromatic heterocycles. The van der Waals surface area contributed by atoms with Crippen LogP contribution < -0.4 is 34.3 Å². The molecular weight excluding hydrogens is 365 g/mol. The van der Waals surface area contributed by atoms with Gasteiger partial charge in [0, 0.05) is 12.1 Å². The minimum Gasteiger partial charge on any atom is -0.768 e. The summed E-state index contributed by atoms with van der Waals surface area (Å²) in [6.45, 7) is 2.63. The van der Waals surface area contributed by atoms with Crippen LogP contribution in [0.25, 0.3) is 0 Å². The van der Waals surface area contributed by atoms with Gasteiger partial charge < -0.3 is 9.29 Å². The van der Waals surface area contributed by atoms with Crippen LogP contribution in [-0.2, 0) is 11.1 Å². The molecule has 1 aromatic rings. The number of ether oxygens (including phenoxy) is 1. The second-order valence-electron chi connectivity index (χ2n) is 6.15. The van der Waals surface area contributed by atoms with E-state index in [1.165, 1.54) is 57.1 Å². The number of hydrogen-bond acceptors (Lipinski definition) is 5. The van der Waals surface area contributed by atoms with Crippen LogP contribution in [0.2, 0.25) is 0 Å². The number of benzene rings is 1. The van der Waals surface area contributed by atoms with Crippen molar-refractivity contribution in [3.63, 3.8) is 0 Å². The maximum atomic E-state index is 11.2. The van der Waals surface area contributed by atoms with Gasteiger partial charge in [0.25, 0.3) is 5.69 Å². The van der Waals surface area contributed by atoms with Crippen molar-refractivity contribution in [2.45, 2.75) is 76.0 Å². The van der Waals surface area contributed by atoms with Crippen molar-refractivity contribution in [2.24, 2.45) is 0 Å². The number of unbranched alkanes of at least 4 members (excludes halogenated alkanes) is 9. The average Bonchev–Trinajstić information content (AvgIpc) is 2.59. The Labute approximate surface area is 180 Å². The van der Waals surface area contributed by atoms with Gasteiger partial charge in [0.05, 0.1) is 16.4 Å². The zero-order valence-corrected chi connectivity index (χ0v) is 18.7. The fourth-order valence-corrected chi connectivity index (χ4v) is 3.14. The number of non-ortho nitro benzene ring substituents is 1. The van der Waals surface area contributed by atoms with E-state index in [9.17, 15) is 18.9 Å². The second kappa shape index (κ2) is 15.6. The van der Waals surface area contributed by atoms with E-state index in [2.05, 4.69) is 6.92 Å². The van der Waals surface area contributed by atoms with E-state index in [1.807, 2.05) is 0 Å². The van der Waals surface area contributed by atoms with E-state index < -0.39 is 16.0 Å². The van der Waals surface area contributed by atoms with Gasteiger partial charge in [0.1, 0.15) is 5.75 Å². The molecule has 0 saturated carbocycles. The molecule has 8 heteroatoms. The molecule has 1 atom stereocenters. The zero-order valence-electron chi connectivity index (χ0n) is 15.9. The first kappa shape index (κ1) is 25.5. The van der Waals surface area contributed by atoms with Crippen molar-refractivity contribution >= 4 is 16.8 Å². The van der Waals surface area contributed by atoms with Crippen LogP contribution in [0.3, 0.4) is 0 Å². The molecule has 0 N–H and O–H groups in total. The van der Waals surface area contributed by atoms with Crippen LogP contribution in [0.1, 0.15) is 71.1 Å². The van der Waals surface area contributed by atoms with E-state index in [1.54, 1.807) is 0 Å². The molecule has 0 aliphatic heterocycles. The van der Waals surface area contributed by atoms with Crippen LogP contribution in [0, 0.1) is 10.1 Å². The fourth-order valence-electron chi connectivity index (χ4n) is 2.63. The molecule has 1 unspecified atom stereocenters. The summed E-state index contributed by atoms with van der Waals surface area (Å²) in [5.41, 5.74) is -0.259. The Morgan fingerprint density at radius 2 is 1.54 bits per heavy atom. The largest absolute Gasteiger partial charge is 1.00 e. The smallest absolute Gasteiger partial charge is 0.768 e. The van der Waals surface area contributed by atoms with Crippen molar-refractivity contribution in [1.82, 2.24) is 0 Å². The zero-order chi connectivity index (χ0) is 18.5. The van der Waals surface area contributed by atoms with Crippen LogP contribution in [0.15, 0.2) is 23.1 Å². The maximum absolute atomic E-state index is 11.2. The minimum absolute atomic E-state index is 0. The Kier molecular flexibility index (Phi) is 15.3. The van der Waals surface area contributed by atoms with Gasteiger partial charge in [-0.15, -0.1) is 0 Å². The van der Waals surface area contributed by atoms with Crippen molar-refractivity contribution in [2.75, 3.05) is 6.61 Å². The molecule has 0 fully saturated rings. The average molecular weight is 393 g/mol. The molecule has 1 aromatic carbocycles. The van der Waals surface area contributed by atoms with Gasteiger partial charge >= 0.3 is 29.6 Å². The second-order valence-corrected chi connectivity index (χ2v) is 7.06. The van der Waals surface area contributed by atoms with Crippen molar-refractivity contribution in [3.05, 3.63) is 28.3 Å². The molecular formula is C18H28NNaO5S. The summed E-state index contributed by atoms with van der Waals surface area (Å²) in [6.07, 6.45) is 12.1. The third kappa shape index (κ3) is 10.6. The normalized spacial score (nSPS) is 11.6. The molecule has 142 valence electrons. The summed E-state index contributed by atoms with van der Waals surface area (Å²) in [4.78, 5) is 9.92. The molecule has 0 heterocycles. The maximum Gasteiger partial charge on any atom is 1.00 e. The first-order chi connectivity index (χ1) is 12.1. The Balaban J connectivity index is 0.00000625. The van der Waals surface area contributed by atoms with E-state index in [0.717, 1.165) is 25.3 Å². The molecule has 0 amide bonds.